The number of halogens is 1. The lowest BCUT2D eigenvalue weighted by molar-refractivity contribution is -0.133. The predicted octanol–water partition coefficient (Wildman–Crippen LogP) is 2.84. The molecule has 6 nitrogen and oxygen atoms in total. The van der Waals surface area contributed by atoms with Crippen LogP contribution in [-0.2, 0) is 18.4 Å². The fourth-order valence-corrected chi connectivity index (χ4v) is 2.62. The van der Waals surface area contributed by atoms with Crippen molar-refractivity contribution in [2.75, 3.05) is 5.75 Å². The highest BCUT2D eigenvalue weighted by Gasteiger charge is 2.12. The van der Waals surface area contributed by atoms with E-state index in [1.165, 1.54) is 0 Å². The van der Waals surface area contributed by atoms with Gasteiger partial charge in [-0.1, -0.05) is 23.4 Å². The molecule has 1 N–H and O–H groups in total. The zero-order valence-corrected chi connectivity index (χ0v) is 14.0. The topological polar surface area (TPSA) is 77.2 Å². The molecule has 0 atom stereocenters. The van der Waals surface area contributed by atoms with Crippen molar-refractivity contribution in [1.82, 2.24) is 14.8 Å². The number of thioether (sulfide) groups is 1. The molecule has 1 aromatic heterocycles. The molecule has 22 heavy (non-hydrogen) atoms. The van der Waals surface area contributed by atoms with Crippen LogP contribution in [0.1, 0.15) is 17.0 Å². The highest BCUT2D eigenvalue weighted by Crippen LogP contribution is 2.26. The number of aliphatic carboxylic acids is 1. The Labute approximate surface area is 137 Å². The number of carboxylic acid groups (broad SMARTS) is 1. The van der Waals surface area contributed by atoms with Gasteiger partial charge in [0, 0.05) is 12.1 Å². The quantitative estimate of drug-likeness (QED) is 0.814. The Kier molecular flexibility index (Phi) is 5.31. The van der Waals surface area contributed by atoms with Crippen LogP contribution in [0.15, 0.2) is 17.3 Å². The monoisotopic (exact) mass is 341 g/mol. The zero-order valence-electron chi connectivity index (χ0n) is 12.5. The molecule has 8 heteroatoms. The fourth-order valence-electron chi connectivity index (χ4n) is 1.86. The van der Waals surface area contributed by atoms with E-state index >= 15 is 0 Å². The van der Waals surface area contributed by atoms with Gasteiger partial charge in [-0.3, -0.25) is 4.79 Å². The third-order valence-corrected chi connectivity index (χ3v) is 4.63. The smallest absolute Gasteiger partial charge is 0.313 e. The van der Waals surface area contributed by atoms with Crippen LogP contribution in [0.2, 0.25) is 5.02 Å². The first-order valence-electron chi connectivity index (χ1n) is 6.51. The lowest BCUT2D eigenvalue weighted by atomic mass is 10.1. The van der Waals surface area contributed by atoms with Crippen LogP contribution in [0.5, 0.6) is 5.75 Å². The highest BCUT2D eigenvalue weighted by molar-refractivity contribution is 7.99. The van der Waals surface area contributed by atoms with Crippen LogP contribution in [0.4, 0.5) is 0 Å². The molecule has 1 aromatic carbocycles. The summed E-state index contributed by atoms with van der Waals surface area (Å²) in [5.41, 5.74) is 1.90. The molecule has 0 amide bonds. The van der Waals surface area contributed by atoms with E-state index in [0.717, 1.165) is 27.9 Å². The van der Waals surface area contributed by atoms with E-state index in [-0.39, 0.29) is 12.4 Å². The second kappa shape index (κ2) is 7.02. The molecule has 0 bridgehead atoms. The Morgan fingerprint density at radius 2 is 2.00 bits per heavy atom. The van der Waals surface area contributed by atoms with Crippen LogP contribution in [0.25, 0.3) is 0 Å². The SMILES string of the molecule is Cc1cc(OCc2nnc(SCC(=O)O)n2C)cc(C)c1Cl. The molecule has 2 aromatic rings. The van der Waals surface area contributed by atoms with Gasteiger partial charge in [-0.25, -0.2) is 0 Å². The van der Waals surface area contributed by atoms with Gasteiger partial charge in [-0.2, -0.15) is 0 Å². The molecule has 0 unspecified atom stereocenters. The van der Waals surface area contributed by atoms with E-state index in [9.17, 15) is 4.79 Å². The number of nitrogens with zero attached hydrogens (tertiary/aromatic N) is 3. The van der Waals surface area contributed by atoms with Gasteiger partial charge in [-0.05, 0) is 37.1 Å². The summed E-state index contributed by atoms with van der Waals surface area (Å²) in [5, 5.41) is 17.9. The maximum absolute atomic E-state index is 10.6. The molecule has 0 spiro atoms. The summed E-state index contributed by atoms with van der Waals surface area (Å²) >= 11 is 7.24. The van der Waals surface area contributed by atoms with Crippen molar-refractivity contribution in [3.63, 3.8) is 0 Å². The molecule has 0 fully saturated rings. The molecule has 0 aliphatic rings. The van der Waals surface area contributed by atoms with Gasteiger partial charge >= 0.3 is 5.97 Å². The van der Waals surface area contributed by atoms with Gasteiger partial charge in [0.1, 0.15) is 12.4 Å². The van der Waals surface area contributed by atoms with Crippen molar-refractivity contribution in [3.05, 3.63) is 34.1 Å². The number of hydrogen-bond acceptors (Lipinski definition) is 5. The highest BCUT2D eigenvalue weighted by atomic mass is 35.5. The predicted molar refractivity (Wildman–Crippen MR) is 84.6 cm³/mol. The second-order valence-electron chi connectivity index (χ2n) is 4.80. The maximum atomic E-state index is 10.6. The van der Waals surface area contributed by atoms with Crippen molar-refractivity contribution in [3.8, 4) is 5.75 Å². The Bertz CT molecular complexity index is 680. The Balaban J connectivity index is 2.04. The minimum absolute atomic E-state index is 0.0532. The van der Waals surface area contributed by atoms with Gasteiger partial charge in [0.15, 0.2) is 11.0 Å². The number of hydrogen-bond donors (Lipinski definition) is 1. The summed E-state index contributed by atoms with van der Waals surface area (Å²) in [7, 11) is 1.78. The van der Waals surface area contributed by atoms with E-state index in [1.54, 1.807) is 11.6 Å². The Morgan fingerprint density at radius 1 is 1.36 bits per heavy atom. The average Bonchev–Trinajstić information content (AvgIpc) is 2.80. The van der Waals surface area contributed by atoms with Crippen LogP contribution in [0, 0.1) is 13.8 Å². The lowest BCUT2D eigenvalue weighted by Gasteiger charge is -2.09. The van der Waals surface area contributed by atoms with Gasteiger partial charge in [0.2, 0.25) is 0 Å². The van der Waals surface area contributed by atoms with Gasteiger partial charge in [-0.15, -0.1) is 10.2 Å². The molecular formula is C14H16ClN3O3S. The maximum Gasteiger partial charge on any atom is 0.313 e. The normalized spacial score (nSPS) is 10.7. The number of aromatic nitrogens is 3. The Morgan fingerprint density at radius 3 is 2.59 bits per heavy atom. The minimum atomic E-state index is -0.891. The zero-order chi connectivity index (χ0) is 16.3. The average molecular weight is 342 g/mol. The van der Waals surface area contributed by atoms with Crippen molar-refractivity contribution in [2.45, 2.75) is 25.6 Å². The molecule has 2 rings (SSSR count). The number of aryl methyl sites for hydroxylation is 2. The standard InChI is InChI=1S/C14H16ClN3O3S/c1-8-4-10(5-9(2)13(8)15)21-6-11-16-17-14(18(11)3)22-7-12(19)20/h4-5H,6-7H2,1-3H3,(H,19,20). The van der Waals surface area contributed by atoms with E-state index in [2.05, 4.69) is 10.2 Å². The largest absolute Gasteiger partial charge is 0.486 e. The van der Waals surface area contributed by atoms with Gasteiger partial charge in [0.25, 0.3) is 0 Å². The van der Waals surface area contributed by atoms with Crippen molar-refractivity contribution in [2.24, 2.45) is 7.05 Å². The number of carbonyl (C=O) groups is 1. The first-order chi connectivity index (χ1) is 10.4. The number of carboxylic acids is 1. The number of benzene rings is 1. The van der Waals surface area contributed by atoms with Crippen molar-refractivity contribution in [1.29, 1.82) is 0 Å². The second-order valence-corrected chi connectivity index (χ2v) is 6.12. The van der Waals surface area contributed by atoms with Crippen molar-refractivity contribution < 1.29 is 14.6 Å². The van der Waals surface area contributed by atoms with E-state index < -0.39 is 5.97 Å². The summed E-state index contributed by atoms with van der Waals surface area (Å²) in [6.45, 7) is 4.09. The molecule has 0 radical (unpaired) electrons. The first-order valence-corrected chi connectivity index (χ1v) is 7.87. The van der Waals surface area contributed by atoms with Crippen LogP contribution >= 0.6 is 23.4 Å². The summed E-state index contributed by atoms with van der Waals surface area (Å²) in [6.07, 6.45) is 0. The molecule has 0 aliphatic carbocycles. The van der Waals surface area contributed by atoms with E-state index in [0.29, 0.717) is 16.7 Å². The molecule has 118 valence electrons. The summed E-state index contributed by atoms with van der Waals surface area (Å²) in [6, 6.07) is 3.73. The van der Waals surface area contributed by atoms with Crippen LogP contribution in [0.3, 0.4) is 0 Å². The molecule has 0 saturated heterocycles. The molecule has 0 saturated carbocycles. The third-order valence-electron chi connectivity index (χ3n) is 3.03. The van der Waals surface area contributed by atoms with Crippen molar-refractivity contribution >= 4 is 29.3 Å². The molecular weight excluding hydrogens is 326 g/mol. The Hall–Kier alpha value is -1.73. The summed E-state index contributed by atoms with van der Waals surface area (Å²) < 4.78 is 7.45. The van der Waals surface area contributed by atoms with Crippen LogP contribution < -0.4 is 4.74 Å². The van der Waals surface area contributed by atoms with Crippen LogP contribution in [-0.4, -0.2) is 31.6 Å². The first kappa shape index (κ1) is 16.6. The fraction of sp³-hybridized carbons (Fsp3) is 0.357. The minimum Gasteiger partial charge on any atom is -0.486 e. The van der Waals surface area contributed by atoms with E-state index in [4.69, 9.17) is 21.4 Å². The number of ether oxygens (including phenoxy) is 1. The third kappa shape index (κ3) is 3.92. The molecule has 0 aliphatic heterocycles. The lowest BCUT2D eigenvalue weighted by Crippen LogP contribution is -2.05. The van der Waals surface area contributed by atoms with E-state index in [1.807, 2.05) is 26.0 Å². The summed E-state index contributed by atoms with van der Waals surface area (Å²) in [4.78, 5) is 10.6. The molecule has 1 heterocycles. The van der Waals surface area contributed by atoms with Gasteiger partial charge < -0.3 is 14.4 Å². The van der Waals surface area contributed by atoms with Gasteiger partial charge in [0.05, 0.1) is 5.75 Å². The number of rotatable bonds is 6. The summed E-state index contributed by atoms with van der Waals surface area (Å²) in [5.74, 6) is 0.390.